The number of hydrogen-bond donors (Lipinski definition) is 1. The number of nitrogens with zero attached hydrogens (tertiary/aromatic N) is 1. The van der Waals surface area contributed by atoms with Gasteiger partial charge in [-0.15, -0.1) is 11.3 Å². The van der Waals surface area contributed by atoms with Gasteiger partial charge >= 0.3 is 5.97 Å². The molecule has 0 unspecified atom stereocenters. The van der Waals surface area contributed by atoms with Gasteiger partial charge < -0.3 is 14.8 Å². The third-order valence-electron chi connectivity index (χ3n) is 4.66. The molecule has 0 spiro atoms. The number of nitrogens with one attached hydrogen (secondary N) is 1. The Morgan fingerprint density at radius 1 is 1.25 bits per heavy atom. The van der Waals surface area contributed by atoms with Crippen molar-refractivity contribution in [3.63, 3.8) is 0 Å². The number of amides is 1. The van der Waals surface area contributed by atoms with E-state index < -0.39 is 0 Å². The summed E-state index contributed by atoms with van der Waals surface area (Å²) in [7, 11) is 0. The largest absolute Gasteiger partial charge is 0.484 e. The highest BCUT2D eigenvalue weighted by molar-refractivity contribution is 7.17. The number of carbonyl (C=O) groups is 2. The number of rotatable bonds is 7. The maximum atomic E-state index is 12.6. The fourth-order valence-corrected chi connectivity index (χ4v) is 4.48. The highest BCUT2D eigenvalue weighted by atomic mass is 32.1. The number of ether oxygens (including phenoxy) is 2. The van der Waals surface area contributed by atoms with Crippen LogP contribution in [0.1, 0.15) is 41.6 Å². The highest BCUT2D eigenvalue weighted by Crippen LogP contribution is 2.38. The first kappa shape index (κ1) is 20.4. The molecule has 28 heavy (non-hydrogen) atoms. The zero-order valence-corrected chi connectivity index (χ0v) is 17.3. The second kappa shape index (κ2) is 9.21. The van der Waals surface area contributed by atoms with Crippen molar-refractivity contribution in [1.82, 2.24) is 4.90 Å². The molecule has 0 saturated heterocycles. The van der Waals surface area contributed by atoms with Gasteiger partial charge in [-0.2, -0.15) is 0 Å². The Morgan fingerprint density at radius 2 is 2.00 bits per heavy atom. The summed E-state index contributed by atoms with van der Waals surface area (Å²) in [6, 6.07) is 9.59. The first-order valence-corrected chi connectivity index (χ1v) is 10.3. The summed E-state index contributed by atoms with van der Waals surface area (Å²) in [6.07, 6.45) is 0.772. The quantitative estimate of drug-likeness (QED) is 0.715. The van der Waals surface area contributed by atoms with Crippen molar-refractivity contribution < 1.29 is 19.1 Å². The third kappa shape index (κ3) is 4.72. The van der Waals surface area contributed by atoms with Crippen molar-refractivity contribution in [3.05, 3.63) is 46.3 Å². The van der Waals surface area contributed by atoms with E-state index in [9.17, 15) is 9.59 Å². The van der Waals surface area contributed by atoms with Crippen LogP contribution in [-0.2, 0) is 22.5 Å². The number of thiophene rings is 1. The molecule has 0 atom stereocenters. The predicted octanol–water partition coefficient (Wildman–Crippen LogP) is 3.71. The van der Waals surface area contributed by atoms with Gasteiger partial charge in [0, 0.05) is 24.0 Å². The lowest BCUT2D eigenvalue weighted by Gasteiger charge is -2.30. The van der Waals surface area contributed by atoms with E-state index in [1.54, 1.807) is 19.1 Å². The van der Waals surface area contributed by atoms with E-state index in [1.165, 1.54) is 11.3 Å². The fraction of sp³-hybridized carbons (Fsp3) is 0.429. The summed E-state index contributed by atoms with van der Waals surface area (Å²) in [4.78, 5) is 28.4. The molecule has 6 nitrogen and oxygen atoms in total. The Hall–Kier alpha value is -2.38. The molecule has 1 aliphatic heterocycles. The van der Waals surface area contributed by atoms with Crippen LogP contribution in [-0.4, -0.2) is 42.6 Å². The molecular weight excluding hydrogens is 376 g/mol. The molecule has 3 rings (SSSR count). The summed E-state index contributed by atoms with van der Waals surface area (Å²) in [5.41, 5.74) is 1.50. The number of carbonyl (C=O) groups excluding carboxylic acids is 2. The standard InChI is InChI=1S/C21H26N2O4S/c1-4-26-21(25)19-16-10-11-23(14(2)3)12-17(16)28-20(19)22-18(24)13-27-15-8-6-5-7-9-15/h5-9,14H,4,10-13H2,1-3H3,(H,22,24). The Bertz CT molecular complexity index is 832. The van der Waals surface area contributed by atoms with Gasteiger partial charge in [0.05, 0.1) is 12.2 Å². The van der Waals surface area contributed by atoms with Crippen LogP contribution in [0.2, 0.25) is 0 Å². The molecule has 7 heteroatoms. The van der Waals surface area contributed by atoms with Crippen LogP contribution in [0.15, 0.2) is 30.3 Å². The second-order valence-corrected chi connectivity index (χ2v) is 8.00. The van der Waals surface area contributed by atoms with Gasteiger partial charge in [0.15, 0.2) is 6.61 Å². The van der Waals surface area contributed by atoms with Crippen LogP contribution < -0.4 is 10.1 Å². The van der Waals surface area contributed by atoms with Gasteiger partial charge in [-0.25, -0.2) is 4.79 Å². The van der Waals surface area contributed by atoms with Crippen molar-refractivity contribution >= 4 is 28.2 Å². The number of para-hydroxylation sites is 1. The van der Waals surface area contributed by atoms with Crippen molar-refractivity contribution in [1.29, 1.82) is 0 Å². The molecule has 0 saturated carbocycles. The summed E-state index contributed by atoms with van der Waals surface area (Å²) in [5.74, 6) is -0.0488. The van der Waals surface area contributed by atoms with Crippen LogP contribution in [0, 0.1) is 0 Å². The van der Waals surface area contributed by atoms with E-state index in [0.29, 0.717) is 29.0 Å². The molecule has 2 heterocycles. The Kier molecular flexibility index (Phi) is 6.70. The number of hydrogen-bond acceptors (Lipinski definition) is 6. The predicted molar refractivity (Wildman–Crippen MR) is 110 cm³/mol. The van der Waals surface area contributed by atoms with Crippen LogP contribution in [0.3, 0.4) is 0 Å². The van der Waals surface area contributed by atoms with E-state index in [2.05, 4.69) is 24.1 Å². The summed E-state index contributed by atoms with van der Waals surface area (Å²) < 4.78 is 10.8. The minimum atomic E-state index is -0.378. The molecular formula is C21H26N2O4S. The van der Waals surface area contributed by atoms with Crippen LogP contribution in [0.4, 0.5) is 5.00 Å². The number of fused-ring (bicyclic) bond motifs is 1. The summed E-state index contributed by atoms with van der Waals surface area (Å²) in [6.45, 7) is 7.95. The zero-order chi connectivity index (χ0) is 20.1. The molecule has 1 amide bonds. The van der Waals surface area contributed by atoms with Gasteiger partial charge in [0.1, 0.15) is 10.8 Å². The maximum Gasteiger partial charge on any atom is 0.341 e. The summed E-state index contributed by atoms with van der Waals surface area (Å²) in [5, 5.41) is 3.41. The van der Waals surface area contributed by atoms with E-state index >= 15 is 0 Å². The van der Waals surface area contributed by atoms with Gasteiger partial charge in [-0.05, 0) is 44.9 Å². The molecule has 1 aromatic heterocycles. The third-order valence-corrected chi connectivity index (χ3v) is 5.79. The molecule has 0 bridgehead atoms. The van der Waals surface area contributed by atoms with Crippen LogP contribution in [0.25, 0.3) is 0 Å². The Labute approximate surface area is 169 Å². The van der Waals surface area contributed by atoms with E-state index in [1.807, 2.05) is 18.2 Å². The molecule has 1 N–H and O–H groups in total. The fourth-order valence-electron chi connectivity index (χ4n) is 3.20. The maximum absolute atomic E-state index is 12.6. The molecule has 0 fully saturated rings. The molecule has 0 radical (unpaired) electrons. The van der Waals surface area contributed by atoms with E-state index in [0.717, 1.165) is 30.0 Å². The number of benzene rings is 1. The number of esters is 1. The van der Waals surface area contributed by atoms with Gasteiger partial charge in [-0.3, -0.25) is 9.69 Å². The lowest BCUT2D eigenvalue weighted by Crippen LogP contribution is -2.35. The van der Waals surface area contributed by atoms with Crippen molar-refractivity contribution in [3.8, 4) is 5.75 Å². The Balaban J connectivity index is 1.77. The monoisotopic (exact) mass is 402 g/mol. The van der Waals surface area contributed by atoms with Crippen molar-refractivity contribution in [2.75, 3.05) is 25.1 Å². The lowest BCUT2D eigenvalue weighted by atomic mass is 10.0. The normalized spacial score (nSPS) is 13.9. The minimum absolute atomic E-state index is 0.118. The Morgan fingerprint density at radius 3 is 2.68 bits per heavy atom. The van der Waals surface area contributed by atoms with Crippen molar-refractivity contribution in [2.45, 2.75) is 39.8 Å². The molecule has 150 valence electrons. The van der Waals surface area contributed by atoms with Crippen molar-refractivity contribution in [2.24, 2.45) is 0 Å². The van der Waals surface area contributed by atoms with Gasteiger partial charge in [0.25, 0.3) is 5.91 Å². The average Bonchev–Trinajstić information content (AvgIpc) is 3.04. The van der Waals surface area contributed by atoms with Crippen LogP contribution in [0.5, 0.6) is 5.75 Å². The van der Waals surface area contributed by atoms with Crippen LogP contribution >= 0.6 is 11.3 Å². The van der Waals surface area contributed by atoms with Gasteiger partial charge in [0.2, 0.25) is 0 Å². The molecule has 1 aliphatic rings. The zero-order valence-electron chi connectivity index (χ0n) is 16.5. The molecule has 0 aliphatic carbocycles. The highest BCUT2D eigenvalue weighted by Gasteiger charge is 2.30. The van der Waals surface area contributed by atoms with E-state index in [-0.39, 0.29) is 18.5 Å². The SMILES string of the molecule is CCOC(=O)c1c(NC(=O)COc2ccccc2)sc2c1CCN(C(C)C)C2. The minimum Gasteiger partial charge on any atom is -0.484 e. The molecule has 1 aromatic carbocycles. The average molecular weight is 403 g/mol. The number of anilines is 1. The topological polar surface area (TPSA) is 67.9 Å². The van der Waals surface area contributed by atoms with E-state index in [4.69, 9.17) is 9.47 Å². The summed E-state index contributed by atoms with van der Waals surface area (Å²) >= 11 is 1.46. The first-order chi connectivity index (χ1) is 13.5. The smallest absolute Gasteiger partial charge is 0.341 e. The second-order valence-electron chi connectivity index (χ2n) is 6.89. The first-order valence-electron chi connectivity index (χ1n) is 9.53. The van der Waals surface area contributed by atoms with Gasteiger partial charge in [-0.1, -0.05) is 18.2 Å². The lowest BCUT2D eigenvalue weighted by molar-refractivity contribution is -0.118. The molecule has 2 aromatic rings.